The summed E-state index contributed by atoms with van der Waals surface area (Å²) >= 11 is 0. The molecule has 0 bridgehead atoms. The molecule has 1 unspecified atom stereocenters. The van der Waals surface area contributed by atoms with Crippen molar-refractivity contribution in [2.45, 2.75) is 46.6 Å². The van der Waals surface area contributed by atoms with E-state index in [0.29, 0.717) is 13.0 Å². The van der Waals surface area contributed by atoms with Gasteiger partial charge in [0.1, 0.15) is 0 Å². The minimum absolute atomic E-state index is 0.111. The summed E-state index contributed by atoms with van der Waals surface area (Å²) in [6, 6.07) is 8.51. The Morgan fingerprint density at radius 1 is 1.15 bits per heavy atom. The van der Waals surface area contributed by atoms with Gasteiger partial charge in [0.15, 0.2) is 0 Å². The van der Waals surface area contributed by atoms with Gasteiger partial charge in [0.2, 0.25) is 0 Å². The Morgan fingerprint density at radius 3 is 2.35 bits per heavy atom. The fourth-order valence-electron chi connectivity index (χ4n) is 2.66. The van der Waals surface area contributed by atoms with Gasteiger partial charge in [-0.1, -0.05) is 45.0 Å². The van der Waals surface area contributed by atoms with Crippen LogP contribution >= 0.6 is 0 Å². The summed E-state index contributed by atoms with van der Waals surface area (Å²) in [6.45, 7) is 10.6. The Hall–Kier alpha value is -1.35. The van der Waals surface area contributed by atoms with Gasteiger partial charge in [-0.15, -0.1) is 0 Å². The first-order chi connectivity index (χ1) is 9.67. The van der Waals surface area contributed by atoms with Gasteiger partial charge in [0.25, 0.3) is 0 Å². The summed E-state index contributed by atoms with van der Waals surface area (Å²) in [4.78, 5) is 14.2. The second-order valence-electron chi connectivity index (χ2n) is 4.80. The standard InChI is InChI=1S/C17H27NO2/c1-5-14-11-9-10-12-15(14)16(18(6-2)7-3)13-17(19)20-8-4/h9-12,16H,5-8,13H2,1-4H3. The molecule has 0 N–H and O–H groups in total. The van der Waals surface area contributed by atoms with E-state index in [1.165, 1.54) is 11.1 Å². The lowest BCUT2D eigenvalue weighted by Crippen LogP contribution is -2.31. The van der Waals surface area contributed by atoms with Crippen LogP contribution in [0.5, 0.6) is 0 Å². The van der Waals surface area contributed by atoms with Crippen molar-refractivity contribution in [3.63, 3.8) is 0 Å². The van der Waals surface area contributed by atoms with E-state index in [1.807, 2.05) is 6.92 Å². The lowest BCUT2D eigenvalue weighted by Gasteiger charge is -2.30. The Kier molecular flexibility index (Phi) is 7.31. The molecule has 0 fully saturated rings. The molecule has 1 rings (SSSR count). The number of hydrogen-bond donors (Lipinski definition) is 0. The smallest absolute Gasteiger partial charge is 0.307 e. The van der Waals surface area contributed by atoms with E-state index in [0.717, 1.165) is 19.5 Å². The summed E-state index contributed by atoms with van der Waals surface area (Å²) < 4.78 is 5.14. The molecule has 3 heteroatoms. The van der Waals surface area contributed by atoms with Gasteiger partial charge in [-0.05, 0) is 37.6 Å². The predicted octanol–water partition coefficient (Wildman–Crippen LogP) is 3.59. The fraction of sp³-hybridized carbons (Fsp3) is 0.588. The highest BCUT2D eigenvalue weighted by Gasteiger charge is 2.23. The van der Waals surface area contributed by atoms with E-state index in [1.54, 1.807) is 0 Å². The molecule has 0 amide bonds. The first-order valence-electron chi connectivity index (χ1n) is 7.65. The number of nitrogens with zero attached hydrogens (tertiary/aromatic N) is 1. The SMILES string of the molecule is CCOC(=O)CC(c1ccccc1CC)N(CC)CC. The highest BCUT2D eigenvalue weighted by atomic mass is 16.5. The zero-order chi connectivity index (χ0) is 15.0. The van der Waals surface area contributed by atoms with Crippen LogP contribution in [0.1, 0.15) is 51.3 Å². The van der Waals surface area contributed by atoms with Crippen molar-refractivity contribution in [1.29, 1.82) is 0 Å². The van der Waals surface area contributed by atoms with Crippen LogP contribution < -0.4 is 0 Å². The molecule has 112 valence electrons. The molecule has 1 aromatic rings. The molecular weight excluding hydrogens is 250 g/mol. The normalized spacial score (nSPS) is 12.4. The van der Waals surface area contributed by atoms with Crippen molar-refractivity contribution in [1.82, 2.24) is 4.90 Å². The summed E-state index contributed by atoms with van der Waals surface area (Å²) in [5.74, 6) is -0.115. The van der Waals surface area contributed by atoms with Crippen LogP contribution in [0.25, 0.3) is 0 Å². The van der Waals surface area contributed by atoms with Gasteiger partial charge < -0.3 is 4.74 Å². The number of ether oxygens (including phenoxy) is 1. The molecule has 0 aliphatic carbocycles. The summed E-state index contributed by atoms with van der Waals surface area (Å²) in [5.41, 5.74) is 2.57. The van der Waals surface area contributed by atoms with E-state index in [2.05, 4.69) is 49.9 Å². The van der Waals surface area contributed by atoms with Gasteiger partial charge >= 0.3 is 5.97 Å². The van der Waals surface area contributed by atoms with E-state index < -0.39 is 0 Å². The molecule has 20 heavy (non-hydrogen) atoms. The third kappa shape index (κ3) is 4.34. The monoisotopic (exact) mass is 277 g/mol. The van der Waals surface area contributed by atoms with Crippen LogP contribution in [0.3, 0.4) is 0 Å². The van der Waals surface area contributed by atoms with Crippen molar-refractivity contribution >= 4 is 5.97 Å². The van der Waals surface area contributed by atoms with Gasteiger partial charge in [0.05, 0.1) is 13.0 Å². The Bertz CT molecular complexity index is 413. The molecular formula is C17H27NO2. The third-order valence-corrected chi connectivity index (χ3v) is 3.71. The number of esters is 1. The minimum atomic E-state index is -0.115. The van der Waals surface area contributed by atoms with Crippen molar-refractivity contribution in [2.75, 3.05) is 19.7 Å². The largest absolute Gasteiger partial charge is 0.466 e. The molecule has 0 heterocycles. The maximum Gasteiger partial charge on any atom is 0.307 e. The van der Waals surface area contributed by atoms with E-state index in [4.69, 9.17) is 4.74 Å². The molecule has 3 nitrogen and oxygen atoms in total. The summed E-state index contributed by atoms with van der Waals surface area (Å²) in [5, 5.41) is 0. The highest BCUT2D eigenvalue weighted by molar-refractivity contribution is 5.70. The predicted molar refractivity (Wildman–Crippen MR) is 82.7 cm³/mol. The first-order valence-corrected chi connectivity index (χ1v) is 7.65. The molecule has 1 atom stereocenters. The molecule has 0 aliphatic heterocycles. The molecule has 0 aliphatic rings. The first kappa shape index (κ1) is 16.7. The van der Waals surface area contributed by atoms with Gasteiger partial charge in [-0.3, -0.25) is 9.69 Å². The Labute approximate surface area is 122 Å². The van der Waals surface area contributed by atoms with E-state index in [9.17, 15) is 4.79 Å². The van der Waals surface area contributed by atoms with Crippen molar-refractivity contribution in [3.05, 3.63) is 35.4 Å². The van der Waals surface area contributed by atoms with Crippen LogP contribution in [-0.4, -0.2) is 30.6 Å². The molecule has 0 spiro atoms. The lowest BCUT2D eigenvalue weighted by atomic mass is 9.95. The zero-order valence-electron chi connectivity index (χ0n) is 13.2. The van der Waals surface area contributed by atoms with Crippen molar-refractivity contribution < 1.29 is 9.53 Å². The molecule has 0 aromatic heterocycles. The average molecular weight is 277 g/mol. The highest BCUT2D eigenvalue weighted by Crippen LogP contribution is 2.28. The fourth-order valence-corrected chi connectivity index (χ4v) is 2.66. The number of carbonyl (C=O) groups excluding carboxylic acids is 1. The molecule has 1 aromatic carbocycles. The quantitative estimate of drug-likeness (QED) is 0.680. The van der Waals surface area contributed by atoms with Crippen LogP contribution in [-0.2, 0) is 16.0 Å². The summed E-state index contributed by atoms with van der Waals surface area (Å²) in [6.07, 6.45) is 1.41. The van der Waals surface area contributed by atoms with Crippen LogP contribution in [0.2, 0.25) is 0 Å². The van der Waals surface area contributed by atoms with Crippen LogP contribution in [0, 0.1) is 0 Å². The zero-order valence-corrected chi connectivity index (χ0v) is 13.2. The number of aryl methyl sites for hydroxylation is 1. The Balaban J connectivity index is 3.05. The molecule has 0 radical (unpaired) electrons. The van der Waals surface area contributed by atoms with Crippen LogP contribution in [0.4, 0.5) is 0 Å². The number of carbonyl (C=O) groups is 1. The van der Waals surface area contributed by atoms with Crippen molar-refractivity contribution in [3.8, 4) is 0 Å². The number of hydrogen-bond acceptors (Lipinski definition) is 3. The molecule has 0 saturated carbocycles. The Morgan fingerprint density at radius 2 is 1.80 bits per heavy atom. The maximum absolute atomic E-state index is 11.9. The maximum atomic E-state index is 11.9. The van der Waals surface area contributed by atoms with Gasteiger partial charge in [0, 0.05) is 6.04 Å². The average Bonchev–Trinajstić information content (AvgIpc) is 2.47. The van der Waals surface area contributed by atoms with E-state index in [-0.39, 0.29) is 12.0 Å². The second kappa shape index (κ2) is 8.75. The van der Waals surface area contributed by atoms with Gasteiger partial charge in [-0.2, -0.15) is 0 Å². The molecule has 0 saturated heterocycles. The second-order valence-corrected chi connectivity index (χ2v) is 4.80. The van der Waals surface area contributed by atoms with Crippen molar-refractivity contribution in [2.24, 2.45) is 0 Å². The lowest BCUT2D eigenvalue weighted by molar-refractivity contribution is -0.144. The third-order valence-electron chi connectivity index (χ3n) is 3.71. The topological polar surface area (TPSA) is 29.5 Å². The minimum Gasteiger partial charge on any atom is -0.466 e. The van der Waals surface area contributed by atoms with E-state index >= 15 is 0 Å². The summed E-state index contributed by atoms with van der Waals surface area (Å²) in [7, 11) is 0. The number of benzene rings is 1. The number of rotatable bonds is 8. The van der Waals surface area contributed by atoms with Gasteiger partial charge in [-0.25, -0.2) is 0 Å². The van der Waals surface area contributed by atoms with Crippen LogP contribution in [0.15, 0.2) is 24.3 Å².